The van der Waals surface area contributed by atoms with E-state index >= 15 is 0 Å². The monoisotopic (exact) mass is 483 g/mol. The maximum atomic E-state index is 13.5. The molecule has 1 aliphatic rings. The van der Waals surface area contributed by atoms with Crippen molar-refractivity contribution in [1.82, 2.24) is 9.88 Å². The summed E-state index contributed by atoms with van der Waals surface area (Å²) in [6.45, 7) is 0. The SMILES string of the molecule is COc1cccc(-c2csc(NC(=O)C(Cc3ccccc3)N3C(=O)c4ccccc4C3=O)n2)c1. The predicted molar refractivity (Wildman–Crippen MR) is 134 cm³/mol. The van der Waals surface area contributed by atoms with E-state index in [9.17, 15) is 14.4 Å². The lowest BCUT2D eigenvalue weighted by molar-refractivity contribution is -0.119. The standard InChI is InChI=1S/C27H21N3O4S/c1-34-19-11-7-10-18(15-19)22-16-35-27(28-22)29-24(31)23(14-17-8-3-2-4-9-17)30-25(32)20-12-5-6-13-21(20)26(30)33/h2-13,15-16,23H,14H2,1H3,(H,28,29,31). The van der Waals surface area contributed by atoms with Crippen LogP contribution in [-0.4, -0.2) is 40.8 Å². The minimum Gasteiger partial charge on any atom is -0.497 e. The lowest BCUT2D eigenvalue weighted by Gasteiger charge is -2.25. The molecule has 1 unspecified atom stereocenters. The molecule has 0 bridgehead atoms. The number of thiazole rings is 1. The minimum atomic E-state index is -1.03. The number of hydrogen-bond acceptors (Lipinski definition) is 6. The molecule has 4 aromatic rings. The average molecular weight is 484 g/mol. The van der Waals surface area contributed by atoms with Crippen molar-refractivity contribution in [2.24, 2.45) is 0 Å². The van der Waals surface area contributed by atoms with Gasteiger partial charge in [-0.15, -0.1) is 11.3 Å². The molecule has 5 rings (SSSR count). The minimum absolute atomic E-state index is 0.187. The highest BCUT2D eigenvalue weighted by atomic mass is 32.1. The van der Waals surface area contributed by atoms with Gasteiger partial charge in [0.15, 0.2) is 5.13 Å². The summed E-state index contributed by atoms with van der Waals surface area (Å²) in [5.41, 5.74) is 2.98. The summed E-state index contributed by atoms with van der Waals surface area (Å²) in [6, 6.07) is 22.4. The van der Waals surface area contributed by atoms with Gasteiger partial charge in [-0.2, -0.15) is 0 Å². The lowest BCUT2D eigenvalue weighted by atomic mass is 10.0. The van der Waals surface area contributed by atoms with Crippen molar-refractivity contribution in [3.05, 3.63) is 101 Å². The Balaban J connectivity index is 1.43. The third-order valence-corrected chi connectivity index (χ3v) is 6.57. The van der Waals surface area contributed by atoms with Gasteiger partial charge in [0, 0.05) is 17.4 Å². The second kappa shape index (κ2) is 9.52. The molecule has 8 heteroatoms. The molecule has 35 heavy (non-hydrogen) atoms. The van der Waals surface area contributed by atoms with Crippen molar-refractivity contribution < 1.29 is 19.1 Å². The molecule has 0 saturated heterocycles. The third kappa shape index (κ3) is 4.43. The maximum absolute atomic E-state index is 13.5. The number of carbonyl (C=O) groups excluding carboxylic acids is 3. The van der Waals surface area contributed by atoms with E-state index < -0.39 is 23.8 Å². The number of ether oxygens (including phenoxy) is 1. The van der Waals surface area contributed by atoms with Gasteiger partial charge in [0.1, 0.15) is 11.8 Å². The van der Waals surface area contributed by atoms with E-state index in [4.69, 9.17) is 4.74 Å². The van der Waals surface area contributed by atoms with Gasteiger partial charge in [-0.3, -0.25) is 19.3 Å². The van der Waals surface area contributed by atoms with Gasteiger partial charge in [0.05, 0.1) is 23.9 Å². The molecule has 0 aliphatic carbocycles. The second-order valence-corrected chi connectivity index (χ2v) is 8.85. The van der Waals surface area contributed by atoms with Gasteiger partial charge in [-0.25, -0.2) is 4.98 Å². The summed E-state index contributed by atoms with van der Waals surface area (Å²) in [5.74, 6) is -0.722. The molecule has 0 saturated carbocycles. The van der Waals surface area contributed by atoms with Crippen molar-refractivity contribution >= 4 is 34.2 Å². The number of fused-ring (bicyclic) bond motifs is 1. The quantitative estimate of drug-likeness (QED) is 0.386. The van der Waals surface area contributed by atoms with Crippen LogP contribution in [0.1, 0.15) is 26.3 Å². The van der Waals surface area contributed by atoms with E-state index in [1.807, 2.05) is 60.0 Å². The topological polar surface area (TPSA) is 88.6 Å². The third-order valence-electron chi connectivity index (χ3n) is 5.81. The number of hydrogen-bond donors (Lipinski definition) is 1. The highest BCUT2D eigenvalue weighted by Gasteiger charge is 2.42. The van der Waals surface area contributed by atoms with Crippen LogP contribution in [0, 0.1) is 0 Å². The number of nitrogens with zero attached hydrogens (tertiary/aromatic N) is 2. The first-order valence-corrected chi connectivity index (χ1v) is 11.8. The molecule has 1 N–H and O–H groups in total. The number of benzene rings is 3. The Labute approximate surface area is 206 Å². The van der Waals surface area contributed by atoms with Crippen molar-refractivity contribution in [2.75, 3.05) is 12.4 Å². The Hall–Kier alpha value is -4.30. The normalized spacial score (nSPS) is 13.5. The highest BCUT2D eigenvalue weighted by Crippen LogP contribution is 2.29. The van der Waals surface area contributed by atoms with E-state index in [0.29, 0.717) is 27.7 Å². The predicted octanol–water partition coefficient (Wildman–Crippen LogP) is 4.66. The number of rotatable bonds is 7. The Morgan fingerprint density at radius 2 is 1.66 bits per heavy atom. The first kappa shape index (κ1) is 22.5. The smallest absolute Gasteiger partial charge is 0.262 e. The molecule has 3 aromatic carbocycles. The van der Waals surface area contributed by atoms with Crippen molar-refractivity contribution in [3.63, 3.8) is 0 Å². The van der Waals surface area contributed by atoms with Gasteiger partial charge < -0.3 is 10.1 Å². The van der Waals surface area contributed by atoms with Gasteiger partial charge in [0.25, 0.3) is 11.8 Å². The van der Waals surface area contributed by atoms with Crippen molar-refractivity contribution in [2.45, 2.75) is 12.5 Å². The van der Waals surface area contributed by atoms with Crippen LogP contribution in [0.2, 0.25) is 0 Å². The molecular weight excluding hydrogens is 462 g/mol. The molecule has 1 aliphatic heterocycles. The number of imide groups is 1. The van der Waals surface area contributed by atoms with Crippen LogP contribution < -0.4 is 10.1 Å². The lowest BCUT2D eigenvalue weighted by Crippen LogP contribution is -2.48. The summed E-state index contributed by atoms with van der Waals surface area (Å²) in [6.07, 6.45) is 0.187. The fraction of sp³-hybridized carbons (Fsp3) is 0.111. The van der Waals surface area contributed by atoms with Crippen molar-refractivity contribution in [1.29, 1.82) is 0 Å². The molecule has 0 fully saturated rings. The largest absolute Gasteiger partial charge is 0.497 e. The summed E-state index contributed by atoms with van der Waals surface area (Å²) in [7, 11) is 1.60. The zero-order valence-corrected chi connectivity index (χ0v) is 19.6. The number of nitrogens with one attached hydrogen (secondary N) is 1. The highest BCUT2D eigenvalue weighted by molar-refractivity contribution is 7.14. The molecule has 0 radical (unpaired) electrons. The van der Waals surface area contributed by atoms with Crippen LogP contribution >= 0.6 is 11.3 Å². The van der Waals surface area contributed by atoms with E-state index in [1.165, 1.54) is 11.3 Å². The van der Waals surface area contributed by atoms with Crippen LogP contribution in [0.15, 0.2) is 84.2 Å². The van der Waals surface area contributed by atoms with Crippen LogP contribution in [0.3, 0.4) is 0 Å². The van der Waals surface area contributed by atoms with Gasteiger partial charge in [-0.05, 0) is 29.8 Å². The van der Waals surface area contributed by atoms with Gasteiger partial charge >= 0.3 is 0 Å². The Morgan fingerprint density at radius 3 is 2.34 bits per heavy atom. The fourth-order valence-corrected chi connectivity index (χ4v) is 4.79. The molecule has 174 valence electrons. The Kier molecular flexibility index (Phi) is 6.12. The first-order valence-electron chi connectivity index (χ1n) is 11.0. The van der Waals surface area contributed by atoms with Crippen molar-refractivity contribution in [3.8, 4) is 17.0 Å². The summed E-state index contributed by atoms with van der Waals surface area (Å²) < 4.78 is 5.28. The molecule has 0 spiro atoms. The van der Waals surface area contributed by atoms with Crippen LogP contribution in [0.5, 0.6) is 5.75 Å². The molecule has 7 nitrogen and oxygen atoms in total. The molecule has 3 amide bonds. The maximum Gasteiger partial charge on any atom is 0.262 e. The number of carbonyl (C=O) groups is 3. The summed E-state index contributed by atoms with van der Waals surface area (Å²) in [5, 5.41) is 5.03. The average Bonchev–Trinajstić information content (AvgIpc) is 3.46. The van der Waals surface area contributed by atoms with Gasteiger partial charge in [0.2, 0.25) is 5.91 Å². The Morgan fingerprint density at radius 1 is 0.971 bits per heavy atom. The molecular formula is C27H21N3O4S. The zero-order chi connectivity index (χ0) is 24.4. The molecule has 2 heterocycles. The molecule has 1 aromatic heterocycles. The fourth-order valence-electron chi connectivity index (χ4n) is 4.06. The summed E-state index contributed by atoms with van der Waals surface area (Å²) in [4.78, 5) is 45.4. The van der Waals surface area contributed by atoms with E-state index in [1.54, 1.807) is 31.4 Å². The van der Waals surface area contributed by atoms with Crippen LogP contribution in [-0.2, 0) is 11.2 Å². The number of aromatic nitrogens is 1. The van der Waals surface area contributed by atoms with Crippen LogP contribution in [0.4, 0.5) is 5.13 Å². The number of amides is 3. The second-order valence-electron chi connectivity index (χ2n) is 7.99. The molecule has 1 atom stereocenters. The zero-order valence-electron chi connectivity index (χ0n) is 18.8. The number of methoxy groups -OCH3 is 1. The van der Waals surface area contributed by atoms with Gasteiger partial charge in [-0.1, -0.05) is 54.6 Å². The summed E-state index contributed by atoms with van der Waals surface area (Å²) >= 11 is 1.27. The van der Waals surface area contributed by atoms with Crippen LogP contribution in [0.25, 0.3) is 11.3 Å². The van der Waals surface area contributed by atoms with E-state index in [0.717, 1.165) is 16.0 Å². The Bertz CT molecular complexity index is 1380. The van der Waals surface area contributed by atoms with E-state index in [2.05, 4.69) is 10.3 Å². The first-order chi connectivity index (χ1) is 17.0. The number of anilines is 1. The van der Waals surface area contributed by atoms with E-state index in [-0.39, 0.29) is 6.42 Å².